The predicted octanol–water partition coefficient (Wildman–Crippen LogP) is 1.29. The number of piperidine rings is 2. The van der Waals surface area contributed by atoms with Crippen LogP contribution in [0.25, 0.3) is 0 Å². The second-order valence-corrected chi connectivity index (χ2v) is 7.59. The molecule has 23 heavy (non-hydrogen) atoms. The molecular weight excluding hydrogens is 294 g/mol. The fraction of sp³-hybridized carbons (Fsp3) is 0.882. The first-order valence-corrected chi connectivity index (χ1v) is 8.99. The molecule has 6 heteroatoms. The summed E-state index contributed by atoms with van der Waals surface area (Å²) in [7, 11) is 0. The highest BCUT2D eigenvalue weighted by atomic mass is 16.3. The van der Waals surface area contributed by atoms with Crippen LogP contribution >= 0.6 is 0 Å². The van der Waals surface area contributed by atoms with E-state index < -0.39 is 6.10 Å². The van der Waals surface area contributed by atoms with Crippen molar-refractivity contribution in [1.82, 2.24) is 14.7 Å². The van der Waals surface area contributed by atoms with Gasteiger partial charge < -0.3 is 19.8 Å². The van der Waals surface area contributed by atoms with Crippen LogP contribution in [0.2, 0.25) is 0 Å². The van der Waals surface area contributed by atoms with Crippen LogP contribution in [-0.4, -0.2) is 77.1 Å². The van der Waals surface area contributed by atoms with Crippen molar-refractivity contribution in [2.24, 2.45) is 5.41 Å². The Morgan fingerprint density at radius 1 is 1.13 bits per heavy atom. The second-order valence-electron chi connectivity index (χ2n) is 7.59. The summed E-state index contributed by atoms with van der Waals surface area (Å²) in [4.78, 5) is 30.3. The van der Waals surface area contributed by atoms with E-state index >= 15 is 0 Å². The molecule has 0 aromatic rings. The van der Waals surface area contributed by atoms with Gasteiger partial charge in [-0.1, -0.05) is 0 Å². The van der Waals surface area contributed by atoms with Gasteiger partial charge in [-0.15, -0.1) is 0 Å². The summed E-state index contributed by atoms with van der Waals surface area (Å²) in [5, 5.41) is 9.59. The minimum Gasteiger partial charge on any atom is -0.392 e. The van der Waals surface area contributed by atoms with Crippen molar-refractivity contribution in [2.45, 2.75) is 51.6 Å². The molecule has 0 radical (unpaired) electrons. The lowest BCUT2D eigenvalue weighted by atomic mass is 9.72. The van der Waals surface area contributed by atoms with Crippen LogP contribution in [0.5, 0.6) is 0 Å². The zero-order valence-corrected chi connectivity index (χ0v) is 14.2. The zero-order valence-electron chi connectivity index (χ0n) is 14.2. The summed E-state index contributed by atoms with van der Waals surface area (Å²) in [6.45, 7) is 6.29. The molecule has 6 nitrogen and oxygen atoms in total. The number of likely N-dealkylation sites (tertiary alicyclic amines) is 3. The summed E-state index contributed by atoms with van der Waals surface area (Å²) in [5.41, 5.74) is 0.143. The van der Waals surface area contributed by atoms with E-state index in [1.54, 1.807) is 6.92 Å². The van der Waals surface area contributed by atoms with E-state index in [9.17, 15) is 14.7 Å². The Morgan fingerprint density at radius 3 is 2.35 bits per heavy atom. The number of β-amino-alcohol motifs (C(OH)–C–C–N with tert-alkyl or cyclic N) is 1. The van der Waals surface area contributed by atoms with Gasteiger partial charge in [0, 0.05) is 45.7 Å². The molecule has 3 aliphatic rings. The summed E-state index contributed by atoms with van der Waals surface area (Å²) < 4.78 is 0. The maximum atomic E-state index is 12.5. The lowest BCUT2D eigenvalue weighted by Crippen LogP contribution is -2.54. The van der Waals surface area contributed by atoms with Crippen molar-refractivity contribution in [2.75, 3.05) is 39.3 Å². The maximum Gasteiger partial charge on any atom is 0.319 e. The molecule has 130 valence electrons. The normalized spacial score (nSPS) is 26.0. The predicted molar refractivity (Wildman–Crippen MR) is 86.9 cm³/mol. The smallest absolute Gasteiger partial charge is 0.319 e. The molecule has 3 saturated heterocycles. The topological polar surface area (TPSA) is 64.1 Å². The van der Waals surface area contributed by atoms with Crippen LogP contribution in [0, 0.1) is 5.41 Å². The minimum atomic E-state index is -0.481. The molecule has 0 aromatic heterocycles. The van der Waals surface area contributed by atoms with E-state index in [2.05, 4.69) is 0 Å². The molecule has 3 aliphatic heterocycles. The monoisotopic (exact) mass is 323 g/mol. The summed E-state index contributed by atoms with van der Waals surface area (Å²) in [6.07, 6.45) is 5.21. The molecule has 3 amide bonds. The van der Waals surface area contributed by atoms with Crippen LogP contribution in [0.3, 0.4) is 0 Å². The summed E-state index contributed by atoms with van der Waals surface area (Å²) in [6, 6.07) is 0.199. The van der Waals surface area contributed by atoms with Crippen LogP contribution < -0.4 is 0 Å². The average molecular weight is 323 g/mol. The molecule has 1 N–H and O–H groups in total. The maximum absolute atomic E-state index is 12.5. The number of hydrogen-bond acceptors (Lipinski definition) is 3. The quantitative estimate of drug-likeness (QED) is 0.833. The van der Waals surface area contributed by atoms with E-state index in [1.807, 2.05) is 14.7 Å². The molecule has 0 saturated carbocycles. The van der Waals surface area contributed by atoms with E-state index in [1.165, 1.54) is 0 Å². The molecule has 1 spiro atoms. The third kappa shape index (κ3) is 3.62. The Bertz CT molecular complexity index is 452. The Hall–Kier alpha value is -1.30. The largest absolute Gasteiger partial charge is 0.392 e. The zero-order chi connectivity index (χ0) is 16.4. The van der Waals surface area contributed by atoms with Crippen molar-refractivity contribution in [3.63, 3.8) is 0 Å². The highest BCUT2D eigenvalue weighted by molar-refractivity contribution is 5.77. The SMILES string of the molecule is C[C@H](O)CN1CC2(CCC1=O)CCN(C(=O)N1CCCC1)CC2. The third-order valence-electron chi connectivity index (χ3n) is 5.70. The number of carbonyl (C=O) groups is 2. The van der Waals surface area contributed by atoms with Crippen LogP contribution in [0.1, 0.15) is 45.4 Å². The Morgan fingerprint density at radius 2 is 1.74 bits per heavy atom. The molecular formula is C17H29N3O3. The average Bonchev–Trinajstić information content (AvgIpc) is 3.05. The van der Waals surface area contributed by atoms with Crippen LogP contribution in [0.15, 0.2) is 0 Å². The Kier molecular flexibility index (Phi) is 4.80. The molecule has 3 rings (SSSR count). The molecule has 0 bridgehead atoms. The highest BCUT2D eigenvalue weighted by Crippen LogP contribution is 2.40. The first kappa shape index (κ1) is 16.6. The van der Waals surface area contributed by atoms with E-state index in [0.29, 0.717) is 13.0 Å². The number of aliphatic hydroxyl groups is 1. The van der Waals surface area contributed by atoms with E-state index in [4.69, 9.17) is 0 Å². The van der Waals surface area contributed by atoms with E-state index in [-0.39, 0.29) is 17.4 Å². The first-order valence-electron chi connectivity index (χ1n) is 8.99. The van der Waals surface area contributed by atoms with Gasteiger partial charge in [0.1, 0.15) is 0 Å². The number of urea groups is 1. The lowest BCUT2D eigenvalue weighted by Gasteiger charge is -2.48. The van der Waals surface area contributed by atoms with Gasteiger partial charge in [-0.05, 0) is 44.4 Å². The molecule has 3 fully saturated rings. The standard InChI is InChI=1S/C17H29N3O3/c1-14(21)12-20-13-17(5-4-15(20)22)6-10-19(11-7-17)16(23)18-8-2-3-9-18/h14,21H,2-13H2,1H3/t14-/m0/s1. The first-order chi connectivity index (χ1) is 11.0. The number of hydrogen-bond donors (Lipinski definition) is 1. The Balaban J connectivity index is 1.56. The van der Waals surface area contributed by atoms with Gasteiger partial charge in [0.05, 0.1) is 6.10 Å². The number of amides is 3. The van der Waals surface area contributed by atoms with Crippen molar-refractivity contribution < 1.29 is 14.7 Å². The summed E-state index contributed by atoms with van der Waals surface area (Å²) >= 11 is 0. The third-order valence-corrected chi connectivity index (χ3v) is 5.70. The van der Waals surface area contributed by atoms with Gasteiger partial charge in [-0.2, -0.15) is 0 Å². The minimum absolute atomic E-state index is 0.143. The van der Waals surface area contributed by atoms with Gasteiger partial charge >= 0.3 is 6.03 Å². The van der Waals surface area contributed by atoms with Crippen molar-refractivity contribution >= 4 is 11.9 Å². The second kappa shape index (κ2) is 6.67. The lowest BCUT2D eigenvalue weighted by molar-refractivity contribution is -0.140. The molecule has 1 atom stereocenters. The number of nitrogens with zero attached hydrogens (tertiary/aromatic N) is 3. The molecule has 0 unspecified atom stereocenters. The fourth-order valence-electron chi connectivity index (χ4n) is 4.28. The van der Waals surface area contributed by atoms with Crippen molar-refractivity contribution in [1.29, 1.82) is 0 Å². The highest BCUT2D eigenvalue weighted by Gasteiger charge is 2.42. The van der Waals surface area contributed by atoms with Gasteiger partial charge in [0.25, 0.3) is 0 Å². The van der Waals surface area contributed by atoms with Crippen LogP contribution in [0.4, 0.5) is 4.79 Å². The molecule has 0 aromatic carbocycles. The number of rotatable bonds is 2. The summed E-state index contributed by atoms with van der Waals surface area (Å²) in [5.74, 6) is 0.159. The Labute approximate surface area is 138 Å². The van der Waals surface area contributed by atoms with Gasteiger partial charge in [-0.3, -0.25) is 4.79 Å². The fourth-order valence-corrected chi connectivity index (χ4v) is 4.28. The van der Waals surface area contributed by atoms with E-state index in [0.717, 1.165) is 64.8 Å². The van der Waals surface area contributed by atoms with Gasteiger partial charge in [-0.25, -0.2) is 4.79 Å². The van der Waals surface area contributed by atoms with Crippen molar-refractivity contribution in [3.05, 3.63) is 0 Å². The van der Waals surface area contributed by atoms with Crippen molar-refractivity contribution in [3.8, 4) is 0 Å². The molecule has 3 heterocycles. The number of carbonyl (C=O) groups excluding carboxylic acids is 2. The van der Waals surface area contributed by atoms with Gasteiger partial charge in [0.2, 0.25) is 5.91 Å². The van der Waals surface area contributed by atoms with Crippen LogP contribution in [-0.2, 0) is 4.79 Å². The van der Waals surface area contributed by atoms with Gasteiger partial charge in [0.15, 0.2) is 0 Å². The number of aliphatic hydroxyl groups excluding tert-OH is 1. The molecule has 0 aliphatic carbocycles.